The van der Waals surface area contributed by atoms with E-state index >= 15 is 0 Å². The number of anilines is 2. The summed E-state index contributed by atoms with van der Waals surface area (Å²) in [6.45, 7) is 26.5. The molecule has 2 nitrogen and oxygen atoms in total. The van der Waals surface area contributed by atoms with Gasteiger partial charge in [-0.3, -0.25) is 0 Å². The van der Waals surface area contributed by atoms with Gasteiger partial charge < -0.3 is 9.88 Å². The van der Waals surface area contributed by atoms with Crippen LogP contribution in [-0.4, -0.2) is 11.8 Å². The predicted molar refractivity (Wildman–Crippen MR) is 304 cm³/mol. The van der Waals surface area contributed by atoms with E-state index < -0.39 is 0 Å². The lowest BCUT2D eigenvalue weighted by molar-refractivity contribution is 0.331. The molecule has 4 aliphatic rings. The molecule has 3 heterocycles. The molecular formula is C66H61BN2S. The van der Waals surface area contributed by atoms with Crippen LogP contribution in [0.1, 0.15) is 128 Å². The maximum absolute atomic E-state index is 4.09. The second kappa shape index (κ2) is 13.7. The Morgan fingerprint density at radius 2 is 1.16 bits per heavy atom. The van der Waals surface area contributed by atoms with Gasteiger partial charge in [-0.05, 0) is 156 Å². The van der Waals surface area contributed by atoms with E-state index in [2.05, 4.69) is 220 Å². The van der Waals surface area contributed by atoms with E-state index in [9.17, 15) is 0 Å². The first-order valence-corrected chi connectivity index (χ1v) is 26.6. The molecule has 0 saturated carbocycles. The van der Waals surface area contributed by atoms with Crippen molar-refractivity contribution in [2.24, 2.45) is 0 Å². The maximum Gasteiger partial charge on any atom is 0.198 e. The van der Waals surface area contributed by atoms with Gasteiger partial charge in [-0.2, -0.15) is 0 Å². The first kappa shape index (κ1) is 42.5. The molecule has 3 aliphatic carbocycles. The summed E-state index contributed by atoms with van der Waals surface area (Å²) in [6, 6.07) is 52.7. The third-order valence-corrected chi connectivity index (χ3v) is 19.2. The van der Waals surface area contributed by atoms with Gasteiger partial charge in [0.05, 0.1) is 5.52 Å². The van der Waals surface area contributed by atoms with Crippen LogP contribution in [0.4, 0.5) is 11.4 Å². The molecule has 1 aliphatic heterocycles. The predicted octanol–water partition coefficient (Wildman–Crippen LogP) is 16.5. The third kappa shape index (κ3) is 5.69. The number of fused-ring (bicyclic) bond motifs is 15. The van der Waals surface area contributed by atoms with Crippen molar-refractivity contribution in [2.75, 3.05) is 5.32 Å². The van der Waals surface area contributed by atoms with Gasteiger partial charge in [0.2, 0.25) is 0 Å². The lowest BCUT2D eigenvalue weighted by Gasteiger charge is -2.42. The smallest absolute Gasteiger partial charge is 0.198 e. The van der Waals surface area contributed by atoms with Gasteiger partial charge in [0.15, 0.2) is 7.28 Å². The fourth-order valence-electron chi connectivity index (χ4n) is 13.8. The number of hydrogen-bond acceptors (Lipinski definition) is 2. The van der Waals surface area contributed by atoms with E-state index in [0.717, 1.165) is 18.7 Å². The zero-order valence-corrected chi connectivity index (χ0v) is 43.5. The van der Waals surface area contributed by atoms with Crippen LogP contribution in [-0.2, 0) is 27.1 Å². The molecule has 70 heavy (non-hydrogen) atoms. The van der Waals surface area contributed by atoms with Gasteiger partial charge in [-0.1, -0.05) is 160 Å². The molecule has 1 N–H and O–H groups in total. The Hall–Kier alpha value is -6.36. The van der Waals surface area contributed by atoms with Crippen molar-refractivity contribution < 1.29 is 0 Å². The topological polar surface area (TPSA) is 17.0 Å². The van der Waals surface area contributed by atoms with E-state index in [1.54, 1.807) is 0 Å². The molecule has 0 fully saturated rings. The van der Waals surface area contributed by atoms with E-state index in [0.29, 0.717) is 0 Å². The molecule has 0 spiro atoms. The summed E-state index contributed by atoms with van der Waals surface area (Å²) >= 11 is 1.92. The maximum atomic E-state index is 4.09. The van der Waals surface area contributed by atoms with E-state index in [-0.39, 0.29) is 27.1 Å². The van der Waals surface area contributed by atoms with Crippen LogP contribution in [0.2, 0.25) is 0 Å². The number of benzene rings is 8. The van der Waals surface area contributed by atoms with E-state index in [1.165, 1.54) is 144 Å². The monoisotopic (exact) mass is 924 g/mol. The van der Waals surface area contributed by atoms with Crippen molar-refractivity contribution in [3.63, 3.8) is 0 Å². The highest BCUT2D eigenvalue weighted by atomic mass is 32.1. The second-order valence-corrected chi connectivity index (χ2v) is 26.0. The molecule has 14 rings (SSSR count). The summed E-state index contributed by atoms with van der Waals surface area (Å²) in [5, 5.41) is 9.43. The molecule has 8 aromatic carbocycles. The van der Waals surface area contributed by atoms with Crippen molar-refractivity contribution in [2.45, 2.75) is 116 Å². The Balaban J connectivity index is 1.06. The summed E-state index contributed by atoms with van der Waals surface area (Å²) in [5.74, 6) is 0. The quantitative estimate of drug-likeness (QED) is 0.175. The molecule has 0 amide bonds. The normalized spacial score (nSPS) is 17.2. The minimum absolute atomic E-state index is 0.0718. The molecule has 4 heteroatoms. The van der Waals surface area contributed by atoms with E-state index in [4.69, 9.17) is 0 Å². The van der Waals surface area contributed by atoms with Crippen LogP contribution >= 0.6 is 11.3 Å². The third-order valence-electron chi connectivity index (χ3n) is 18.0. The average Bonchev–Trinajstić information content (AvgIpc) is 3.99. The first-order valence-electron chi connectivity index (χ1n) is 25.7. The fraction of sp³-hybridized carbons (Fsp3) is 0.273. The standard InChI is InChI=1S/C66H61BN2S/c1-62(2,3)36-20-22-37(23-21-36)68-55-33-50-42(43-30-52-53(32-49(43)66(50,10)11)64(6,7)27-26-63(52,4)5)28-45(55)40-24-25-41-46-29-47-39-17-13-15-19-58(39)70-59(47)35-56(46)69-57-34-51-44(31-54(57)67-60(40)61(41)69)38-16-12-14-18-48(38)65(51,8)9/h12-25,28-35,67-68H,26-27H2,1-11H3. The van der Waals surface area contributed by atoms with Crippen LogP contribution < -0.4 is 16.2 Å². The van der Waals surface area contributed by atoms with Crippen molar-refractivity contribution >= 4 is 82.9 Å². The van der Waals surface area contributed by atoms with Gasteiger partial charge in [0.25, 0.3) is 0 Å². The first-order chi connectivity index (χ1) is 33.3. The Labute approximate surface area is 418 Å². The van der Waals surface area contributed by atoms with Gasteiger partial charge in [0, 0.05) is 69.9 Å². The Morgan fingerprint density at radius 3 is 1.93 bits per heavy atom. The van der Waals surface area contributed by atoms with E-state index in [1.807, 2.05) is 11.3 Å². The molecule has 10 aromatic rings. The van der Waals surface area contributed by atoms with Crippen molar-refractivity contribution in [3.05, 3.63) is 172 Å². The highest BCUT2D eigenvalue weighted by Crippen LogP contribution is 2.57. The van der Waals surface area contributed by atoms with Gasteiger partial charge in [-0.15, -0.1) is 11.3 Å². The zero-order valence-electron chi connectivity index (χ0n) is 42.7. The Morgan fingerprint density at radius 1 is 0.500 bits per heavy atom. The molecule has 2 aromatic heterocycles. The summed E-state index contributed by atoms with van der Waals surface area (Å²) < 4.78 is 5.36. The summed E-state index contributed by atoms with van der Waals surface area (Å²) in [7, 11) is 0.848. The lowest BCUT2D eigenvalue weighted by Crippen LogP contribution is -2.37. The fourth-order valence-corrected chi connectivity index (χ4v) is 14.9. The van der Waals surface area contributed by atoms with Crippen LogP contribution in [0, 0.1) is 0 Å². The summed E-state index contributed by atoms with van der Waals surface area (Å²) in [6.07, 6.45) is 2.40. The molecular weight excluding hydrogens is 864 g/mol. The average molecular weight is 925 g/mol. The number of hydrogen-bond donors (Lipinski definition) is 1. The number of rotatable bonds is 3. The zero-order chi connectivity index (χ0) is 48.2. The van der Waals surface area contributed by atoms with Gasteiger partial charge in [0.1, 0.15) is 0 Å². The number of nitrogens with zero attached hydrogens (tertiary/aromatic N) is 1. The minimum Gasteiger partial charge on any atom is -0.355 e. The molecule has 0 atom stereocenters. The van der Waals surface area contributed by atoms with Crippen molar-refractivity contribution in [1.29, 1.82) is 0 Å². The highest BCUT2D eigenvalue weighted by Gasteiger charge is 2.44. The van der Waals surface area contributed by atoms with Crippen molar-refractivity contribution in [1.82, 2.24) is 4.57 Å². The second-order valence-electron chi connectivity index (χ2n) is 24.9. The van der Waals surface area contributed by atoms with Crippen LogP contribution in [0.15, 0.2) is 133 Å². The molecule has 0 bridgehead atoms. The number of thiophene rings is 1. The van der Waals surface area contributed by atoms with Gasteiger partial charge in [-0.25, -0.2) is 0 Å². The molecule has 344 valence electrons. The van der Waals surface area contributed by atoms with Crippen LogP contribution in [0.5, 0.6) is 0 Å². The number of nitrogens with one attached hydrogen (secondary N) is 1. The van der Waals surface area contributed by atoms with Crippen molar-refractivity contribution in [3.8, 4) is 39.1 Å². The number of aromatic nitrogens is 1. The summed E-state index contributed by atoms with van der Waals surface area (Å²) in [4.78, 5) is 0. The molecule has 0 unspecified atom stereocenters. The SMILES string of the molecule is CC(C)(C)c1ccc(Nc2cc3c(cc2-c2ccc4c5cc6c(cc5n5c4c2Bc2cc4c(cc2-5)C(C)(C)c2ccccc2-4)sc2ccccc26)-c2cc4c(cc2C3(C)C)C(C)(C)CCC4(C)C)cc1. The largest absolute Gasteiger partial charge is 0.355 e. The minimum atomic E-state index is -0.173. The Kier molecular flexibility index (Phi) is 8.34. The highest BCUT2D eigenvalue weighted by molar-refractivity contribution is 7.25. The van der Waals surface area contributed by atoms with Crippen LogP contribution in [0.3, 0.4) is 0 Å². The lowest BCUT2D eigenvalue weighted by atomic mass is 9.58. The summed E-state index contributed by atoms with van der Waals surface area (Å²) in [5.41, 5.74) is 27.2. The van der Waals surface area contributed by atoms with Gasteiger partial charge >= 0.3 is 0 Å². The molecule has 0 radical (unpaired) electrons. The van der Waals surface area contributed by atoms with Crippen LogP contribution in [0.25, 0.3) is 81.0 Å². The Bertz CT molecular complexity index is 3970. The molecule has 0 saturated heterocycles.